The molecule has 1 amide bonds. The second-order valence-corrected chi connectivity index (χ2v) is 6.27. The van der Waals surface area contributed by atoms with Crippen LogP contribution >= 0.6 is 11.3 Å². The summed E-state index contributed by atoms with van der Waals surface area (Å²) in [7, 11) is 0. The Morgan fingerprint density at radius 3 is 2.83 bits per heavy atom. The number of carbonyl (C=O) groups excluding carboxylic acids is 1. The average molecular weight is 342 g/mol. The van der Waals surface area contributed by atoms with Gasteiger partial charge in [-0.05, 0) is 25.5 Å². The number of nitrogens with zero attached hydrogens (tertiary/aromatic N) is 3. The van der Waals surface area contributed by atoms with E-state index in [1.54, 1.807) is 23.7 Å². The van der Waals surface area contributed by atoms with Crippen LogP contribution in [0.15, 0.2) is 40.5 Å². The molecule has 24 heavy (non-hydrogen) atoms. The summed E-state index contributed by atoms with van der Waals surface area (Å²) >= 11 is 1.58. The van der Waals surface area contributed by atoms with E-state index in [-0.39, 0.29) is 5.91 Å². The van der Waals surface area contributed by atoms with E-state index >= 15 is 0 Å². The summed E-state index contributed by atoms with van der Waals surface area (Å²) in [6.45, 7) is 2.41. The fourth-order valence-electron chi connectivity index (χ4n) is 2.24. The summed E-state index contributed by atoms with van der Waals surface area (Å²) in [5, 5.41) is 9.75. The Kier molecular flexibility index (Phi) is 5.32. The molecule has 3 aromatic heterocycles. The lowest BCUT2D eigenvalue weighted by molar-refractivity contribution is -0.121. The highest BCUT2D eigenvalue weighted by molar-refractivity contribution is 7.13. The van der Waals surface area contributed by atoms with Gasteiger partial charge < -0.3 is 9.84 Å². The van der Waals surface area contributed by atoms with Crippen LogP contribution in [0.1, 0.15) is 23.6 Å². The van der Waals surface area contributed by atoms with E-state index in [1.807, 2.05) is 30.5 Å². The Bertz CT molecular complexity index is 798. The van der Waals surface area contributed by atoms with Crippen molar-refractivity contribution in [2.75, 3.05) is 6.54 Å². The van der Waals surface area contributed by atoms with E-state index in [9.17, 15) is 4.79 Å². The maximum absolute atomic E-state index is 11.9. The van der Waals surface area contributed by atoms with Gasteiger partial charge in [0.15, 0.2) is 0 Å². The van der Waals surface area contributed by atoms with Crippen molar-refractivity contribution < 1.29 is 9.32 Å². The highest BCUT2D eigenvalue weighted by Crippen LogP contribution is 2.23. The van der Waals surface area contributed by atoms with E-state index < -0.39 is 0 Å². The van der Waals surface area contributed by atoms with Crippen molar-refractivity contribution in [1.29, 1.82) is 0 Å². The molecule has 0 aliphatic carbocycles. The number of hydrogen-bond acceptors (Lipinski definition) is 6. The summed E-state index contributed by atoms with van der Waals surface area (Å²) in [4.78, 5) is 20.5. The lowest BCUT2D eigenvalue weighted by Crippen LogP contribution is -2.25. The van der Waals surface area contributed by atoms with E-state index in [0.717, 1.165) is 27.7 Å². The lowest BCUT2D eigenvalue weighted by atomic mass is 10.2. The molecular weight excluding hydrogens is 324 g/mol. The van der Waals surface area contributed by atoms with Crippen LogP contribution in [0.2, 0.25) is 0 Å². The van der Waals surface area contributed by atoms with Crippen LogP contribution in [-0.4, -0.2) is 27.6 Å². The number of amides is 1. The fourth-order valence-corrected chi connectivity index (χ4v) is 3.10. The number of aromatic nitrogens is 3. The van der Waals surface area contributed by atoms with Gasteiger partial charge in [0.2, 0.25) is 5.91 Å². The van der Waals surface area contributed by atoms with Crippen LogP contribution in [0.25, 0.3) is 10.6 Å². The van der Waals surface area contributed by atoms with E-state index in [2.05, 4.69) is 20.4 Å². The van der Waals surface area contributed by atoms with Crippen molar-refractivity contribution in [3.8, 4) is 10.6 Å². The second kappa shape index (κ2) is 7.83. The highest BCUT2D eigenvalue weighted by Gasteiger charge is 2.08. The molecule has 0 radical (unpaired) electrons. The number of aryl methyl sites for hydroxylation is 2. The standard InChI is InChI=1S/C17H18N4O2S/c1-12-10-14(21-23-12)6-9-19-16(22)3-2-15-11-24-17(20-15)13-4-7-18-8-5-13/h4-5,7-8,10-11H,2-3,6,9H2,1H3,(H,19,22). The van der Waals surface area contributed by atoms with Crippen LogP contribution in [0.5, 0.6) is 0 Å². The minimum atomic E-state index is 0.0219. The van der Waals surface area contributed by atoms with Crippen LogP contribution in [0, 0.1) is 6.92 Å². The Labute approximate surface area is 143 Å². The summed E-state index contributed by atoms with van der Waals surface area (Å²) in [6, 6.07) is 5.74. The number of carbonyl (C=O) groups is 1. The summed E-state index contributed by atoms with van der Waals surface area (Å²) < 4.78 is 4.99. The van der Waals surface area contributed by atoms with Gasteiger partial charge in [-0.25, -0.2) is 4.98 Å². The zero-order valence-corrected chi connectivity index (χ0v) is 14.2. The fraction of sp³-hybridized carbons (Fsp3) is 0.294. The number of rotatable bonds is 7. The average Bonchev–Trinajstić information content (AvgIpc) is 3.23. The Morgan fingerprint density at radius 2 is 2.08 bits per heavy atom. The number of hydrogen-bond donors (Lipinski definition) is 1. The highest BCUT2D eigenvalue weighted by atomic mass is 32.1. The molecule has 0 aliphatic heterocycles. The first-order valence-corrected chi connectivity index (χ1v) is 8.62. The molecule has 7 heteroatoms. The molecule has 0 bridgehead atoms. The first-order chi connectivity index (χ1) is 11.7. The first-order valence-electron chi connectivity index (χ1n) is 7.74. The normalized spacial score (nSPS) is 10.7. The predicted molar refractivity (Wildman–Crippen MR) is 91.6 cm³/mol. The third kappa shape index (κ3) is 4.48. The van der Waals surface area contributed by atoms with Gasteiger partial charge in [-0.15, -0.1) is 11.3 Å². The van der Waals surface area contributed by atoms with Crippen molar-refractivity contribution in [2.45, 2.75) is 26.2 Å². The van der Waals surface area contributed by atoms with E-state index in [0.29, 0.717) is 25.8 Å². The van der Waals surface area contributed by atoms with Crippen molar-refractivity contribution >= 4 is 17.2 Å². The lowest BCUT2D eigenvalue weighted by Gasteiger charge is -2.02. The summed E-state index contributed by atoms with van der Waals surface area (Å²) in [5.74, 6) is 0.804. The Hall–Kier alpha value is -2.54. The molecule has 1 N–H and O–H groups in total. The van der Waals surface area contributed by atoms with Gasteiger partial charge >= 0.3 is 0 Å². The van der Waals surface area contributed by atoms with Gasteiger partial charge in [-0.3, -0.25) is 9.78 Å². The van der Waals surface area contributed by atoms with Crippen molar-refractivity contribution in [2.24, 2.45) is 0 Å². The van der Waals surface area contributed by atoms with Gasteiger partial charge in [0, 0.05) is 48.8 Å². The molecular formula is C17H18N4O2S. The van der Waals surface area contributed by atoms with Gasteiger partial charge in [0.05, 0.1) is 11.4 Å². The van der Waals surface area contributed by atoms with E-state index in [4.69, 9.17) is 4.52 Å². The molecule has 6 nitrogen and oxygen atoms in total. The summed E-state index contributed by atoms with van der Waals surface area (Å²) in [5.41, 5.74) is 2.84. The minimum Gasteiger partial charge on any atom is -0.361 e. The molecule has 0 spiro atoms. The largest absolute Gasteiger partial charge is 0.361 e. The molecule has 3 rings (SSSR count). The van der Waals surface area contributed by atoms with Crippen molar-refractivity contribution in [3.63, 3.8) is 0 Å². The van der Waals surface area contributed by atoms with Gasteiger partial charge in [-0.2, -0.15) is 0 Å². The summed E-state index contributed by atoms with van der Waals surface area (Å²) in [6.07, 6.45) is 5.24. The van der Waals surface area contributed by atoms with Crippen LogP contribution in [0.3, 0.4) is 0 Å². The molecule has 0 saturated carbocycles. The van der Waals surface area contributed by atoms with Gasteiger partial charge in [0.1, 0.15) is 10.8 Å². The van der Waals surface area contributed by atoms with Crippen molar-refractivity contribution in [1.82, 2.24) is 20.4 Å². The molecule has 3 aromatic rings. The SMILES string of the molecule is Cc1cc(CCNC(=O)CCc2csc(-c3ccncc3)n2)no1. The predicted octanol–water partition coefficient (Wildman–Crippen LogP) is 2.79. The first kappa shape index (κ1) is 16.3. The molecule has 0 atom stereocenters. The van der Waals surface area contributed by atoms with E-state index in [1.165, 1.54) is 0 Å². The van der Waals surface area contributed by atoms with Crippen molar-refractivity contribution in [3.05, 3.63) is 53.1 Å². The maximum Gasteiger partial charge on any atom is 0.220 e. The van der Waals surface area contributed by atoms with Gasteiger partial charge in [0.25, 0.3) is 0 Å². The van der Waals surface area contributed by atoms with Crippen LogP contribution in [-0.2, 0) is 17.6 Å². The monoisotopic (exact) mass is 342 g/mol. The molecule has 0 aliphatic rings. The maximum atomic E-state index is 11.9. The quantitative estimate of drug-likeness (QED) is 0.714. The molecule has 0 aromatic carbocycles. The number of pyridine rings is 1. The van der Waals surface area contributed by atoms with Gasteiger partial charge in [-0.1, -0.05) is 5.16 Å². The molecule has 124 valence electrons. The third-order valence-electron chi connectivity index (χ3n) is 3.47. The van der Waals surface area contributed by atoms with Crippen LogP contribution in [0.4, 0.5) is 0 Å². The smallest absolute Gasteiger partial charge is 0.220 e. The number of nitrogens with one attached hydrogen (secondary N) is 1. The zero-order chi connectivity index (χ0) is 16.8. The zero-order valence-electron chi connectivity index (χ0n) is 13.4. The molecule has 0 fully saturated rings. The minimum absolute atomic E-state index is 0.0219. The second-order valence-electron chi connectivity index (χ2n) is 5.41. The Morgan fingerprint density at radius 1 is 1.25 bits per heavy atom. The van der Waals surface area contributed by atoms with Crippen LogP contribution < -0.4 is 5.32 Å². The molecule has 3 heterocycles. The topological polar surface area (TPSA) is 80.9 Å². The Balaban J connectivity index is 1.42. The molecule has 0 unspecified atom stereocenters. The molecule has 0 saturated heterocycles. The number of thiazole rings is 1. The third-order valence-corrected chi connectivity index (χ3v) is 4.41.